The van der Waals surface area contributed by atoms with Gasteiger partial charge in [-0.25, -0.2) is 8.42 Å². The van der Waals surface area contributed by atoms with E-state index in [2.05, 4.69) is 10.6 Å². The van der Waals surface area contributed by atoms with Crippen LogP contribution in [0.15, 0.2) is 0 Å². The maximum absolute atomic E-state index is 11.4. The van der Waals surface area contributed by atoms with E-state index in [4.69, 9.17) is 0 Å². The lowest BCUT2D eigenvalue weighted by Crippen LogP contribution is -2.35. The first kappa shape index (κ1) is 18.0. The van der Waals surface area contributed by atoms with Gasteiger partial charge in [-0.2, -0.15) is 0 Å². The molecule has 16 heavy (non-hydrogen) atoms. The average molecular weight is 273 g/mol. The van der Waals surface area contributed by atoms with Gasteiger partial charge in [-0.15, -0.1) is 12.4 Å². The smallest absolute Gasteiger partial charge is 0.235 e. The average Bonchev–Trinajstić information content (AvgIpc) is 2.00. The minimum absolute atomic E-state index is 0. The SMILES string of the molecule is CNCCNC(=O)CS(=O)(=O)CC(C)C.Cl. The third-order valence-electron chi connectivity index (χ3n) is 1.64. The number of carbonyl (C=O) groups is 1. The molecule has 0 spiro atoms. The van der Waals surface area contributed by atoms with Gasteiger partial charge in [0.25, 0.3) is 0 Å². The Kier molecular flexibility index (Phi) is 9.90. The normalized spacial score (nSPS) is 11.0. The summed E-state index contributed by atoms with van der Waals surface area (Å²) in [6.07, 6.45) is 0. The number of likely N-dealkylation sites (N-methyl/N-ethyl adjacent to an activating group) is 1. The molecule has 0 aromatic carbocycles. The van der Waals surface area contributed by atoms with Crippen LogP contribution in [0.1, 0.15) is 13.8 Å². The lowest BCUT2D eigenvalue weighted by molar-refractivity contribution is -0.118. The molecule has 2 N–H and O–H groups in total. The van der Waals surface area contributed by atoms with Crippen LogP contribution in [0.4, 0.5) is 0 Å². The van der Waals surface area contributed by atoms with Crippen molar-refractivity contribution in [3.63, 3.8) is 0 Å². The molecule has 0 aromatic heterocycles. The van der Waals surface area contributed by atoms with Crippen LogP contribution in [0, 0.1) is 5.92 Å². The van der Waals surface area contributed by atoms with Gasteiger partial charge in [0.05, 0.1) is 5.75 Å². The van der Waals surface area contributed by atoms with Crippen molar-refractivity contribution in [2.75, 3.05) is 31.6 Å². The highest BCUT2D eigenvalue weighted by molar-refractivity contribution is 7.92. The van der Waals surface area contributed by atoms with Crippen molar-refractivity contribution >= 4 is 28.2 Å². The molecule has 0 fully saturated rings. The summed E-state index contributed by atoms with van der Waals surface area (Å²) in [6.45, 7) is 4.72. The van der Waals surface area contributed by atoms with Crippen molar-refractivity contribution in [2.24, 2.45) is 5.92 Å². The van der Waals surface area contributed by atoms with E-state index < -0.39 is 21.5 Å². The van der Waals surface area contributed by atoms with Crippen LogP contribution in [-0.2, 0) is 14.6 Å². The zero-order valence-corrected chi connectivity index (χ0v) is 11.6. The van der Waals surface area contributed by atoms with E-state index in [1.807, 2.05) is 13.8 Å². The first-order valence-electron chi connectivity index (χ1n) is 4.99. The number of carbonyl (C=O) groups excluding carboxylic acids is 1. The predicted octanol–water partition coefficient (Wildman–Crippen LogP) is -0.185. The van der Waals surface area contributed by atoms with E-state index in [-0.39, 0.29) is 24.1 Å². The van der Waals surface area contributed by atoms with E-state index in [9.17, 15) is 13.2 Å². The molecular formula is C9H21ClN2O3S. The highest BCUT2D eigenvalue weighted by atomic mass is 35.5. The molecule has 0 unspecified atom stereocenters. The Morgan fingerprint density at radius 3 is 2.25 bits per heavy atom. The Balaban J connectivity index is 0. The van der Waals surface area contributed by atoms with Crippen molar-refractivity contribution in [3.8, 4) is 0 Å². The highest BCUT2D eigenvalue weighted by Gasteiger charge is 2.17. The Morgan fingerprint density at radius 2 is 1.81 bits per heavy atom. The fraction of sp³-hybridized carbons (Fsp3) is 0.889. The topological polar surface area (TPSA) is 75.3 Å². The molecule has 0 aromatic rings. The van der Waals surface area contributed by atoms with Crippen LogP contribution in [0.2, 0.25) is 0 Å². The standard InChI is InChI=1S/C9H20N2O3S.ClH/c1-8(2)6-15(13,14)7-9(12)11-5-4-10-3;/h8,10H,4-7H2,1-3H3,(H,11,12);1H. The lowest BCUT2D eigenvalue weighted by atomic mass is 10.3. The van der Waals surface area contributed by atoms with Gasteiger partial charge in [-0.3, -0.25) is 4.79 Å². The van der Waals surface area contributed by atoms with Crippen molar-refractivity contribution in [1.82, 2.24) is 10.6 Å². The molecule has 7 heteroatoms. The third kappa shape index (κ3) is 10.2. The summed E-state index contributed by atoms with van der Waals surface area (Å²) in [5, 5.41) is 5.39. The second-order valence-corrected chi connectivity index (χ2v) is 6.01. The van der Waals surface area contributed by atoms with Crippen molar-refractivity contribution in [1.29, 1.82) is 0 Å². The van der Waals surface area contributed by atoms with Gasteiger partial charge in [-0.05, 0) is 13.0 Å². The first-order valence-corrected chi connectivity index (χ1v) is 6.81. The molecule has 0 saturated heterocycles. The number of halogens is 1. The third-order valence-corrected chi connectivity index (χ3v) is 3.51. The monoisotopic (exact) mass is 272 g/mol. The largest absolute Gasteiger partial charge is 0.354 e. The molecule has 5 nitrogen and oxygen atoms in total. The highest BCUT2D eigenvalue weighted by Crippen LogP contribution is 2.00. The molecule has 0 saturated carbocycles. The second-order valence-electron chi connectivity index (χ2n) is 3.90. The molecule has 0 aliphatic carbocycles. The van der Waals surface area contributed by atoms with Crippen LogP contribution in [0.25, 0.3) is 0 Å². The molecule has 1 amide bonds. The van der Waals surface area contributed by atoms with Crippen LogP contribution < -0.4 is 10.6 Å². The van der Waals surface area contributed by atoms with E-state index in [0.29, 0.717) is 13.1 Å². The van der Waals surface area contributed by atoms with Gasteiger partial charge in [-0.1, -0.05) is 13.8 Å². The van der Waals surface area contributed by atoms with Crippen molar-refractivity contribution in [2.45, 2.75) is 13.8 Å². The molecule has 98 valence electrons. The van der Waals surface area contributed by atoms with E-state index in [1.165, 1.54) is 0 Å². The molecule has 0 aliphatic heterocycles. The Bertz CT molecular complexity index is 291. The minimum Gasteiger partial charge on any atom is -0.354 e. The first-order chi connectivity index (χ1) is 6.87. The van der Waals surface area contributed by atoms with Crippen LogP contribution in [0.3, 0.4) is 0 Å². The zero-order valence-electron chi connectivity index (χ0n) is 9.95. The summed E-state index contributed by atoms with van der Waals surface area (Å²) in [5.41, 5.74) is 0. The summed E-state index contributed by atoms with van der Waals surface area (Å²) >= 11 is 0. The number of amides is 1. The Labute approximate surface area is 104 Å². The number of rotatable bonds is 7. The minimum atomic E-state index is -3.25. The summed E-state index contributed by atoms with van der Waals surface area (Å²) in [6, 6.07) is 0. The Hall–Kier alpha value is -0.330. The van der Waals surface area contributed by atoms with E-state index in [1.54, 1.807) is 7.05 Å². The molecular weight excluding hydrogens is 252 g/mol. The lowest BCUT2D eigenvalue weighted by Gasteiger charge is -2.07. The molecule has 0 aliphatic rings. The van der Waals surface area contributed by atoms with Crippen molar-refractivity contribution < 1.29 is 13.2 Å². The molecule has 0 heterocycles. The summed E-state index contributed by atoms with van der Waals surface area (Å²) in [7, 11) is -1.48. The molecule has 0 rings (SSSR count). The summed E-state index contributed by atoms with van der Waals surface area (Å²) < 4.78 is 22.8. The van der Waals surface area contributed by atoms with Gasteiger partial charge >= 0.3 is 0 Å². The maximum Gasteiger partial charge on any atom is 0.235 e. The van der Waals surface area contributed by atoms with E-state index >= 15 is 0 Å². The number of hydrogen-bond donors (Lipinski definition) is 2. The van der Waals surface area contributed by atoms with Crippen LogP contribution >= 0.6 is 12.4 Å². The summed E-state index contributed by atoms with van der Waals surface area (Å²) in [5.74, 6) is -0.715. The second kappa shape index (κ2) is 8.78. The number of nitrogens with one attached hydrogen (secondary N) is 2. The molecule has 0 atom stereocenters. The van der Waals surface area contributed by atoms with Gasteiger partial charge in [0.15, 0.2) is 9.84 Å². The summed E-state index contributed by atoms with van der Waals surface area (Å²) in [4.78, 5) is 11.2. The fourth-order valence-electron chi connectivity index (χ4n) is 1.14. The predicted molar refractivity (Wildman–Crippen MR) is 67.7 cm³/mol. The Morgan fingerprint density at radius 1 is 1.25 bits per heavy atom. The fourth-order valence-corrected chi connectivity index (χ4v) is 2.78. The van der Waals surface area contributed by atoms with Crippen LogP contribution in [0.5, 0.6) is 0 Å². The quantitative estimate of drug-likeness (QED) is 0.630. The van der Waals surface area contributed by atoms with E-state index in [0.717, 1.165) is 0 Å². The molecule has 0 bridgehead atoms. The number of hydrogen-bond acceptors (Lipinski definition) is 4. The maximum atomic E-state index is 11.4. The van der Waals surface area contributed by atoms with Crippen molar-refractivity contribution in [3.05, 3.63) is 0 Å². The van der Waals surface area contributed by atoms with Gasteiger partial charge in [0, 0.05) is 13.1 Å². The van der Waals surface area contributed by atoms with Crippen LogP contribution in [-0.4, -0.2) is 46.0 Å². The molecule has 0 radical (unpaired) electrons. The number of sulfone groups is 1. The van der Waals surface area contributed by atoms with Gasteiger partial charge < -0.3 is 10.6 Å². The zero-order chi connectivity index (χ0) is 11.9. The van der Waals surface area contributed by atoms with Gasteiger partial charge in [0.1, 0.15) is 5.75 Å². The van der Waals surface area contributed by atoms with Gasteiger partial charge in [0.2, 0.25) is 5.91 Å².